The largest absolute Gasteiger partial charge is 0.481 e. The fourth-order valence-electron chi connectivity index (χ4n) is 1.95. The van der Waals surface area contributed by atoms with Crippen molar-refractivity contribution in [2.45, 2.75) is 25.3 Å². The lowest BCUT2D eigenvalue weighted by molar-refractivity contribution is -0.136. The van der Waals surface area contributed by atoms with Crippen LogP contribution in [-0.2, 0) is 16.0 Å². The maximum atomic E-state index is 10.5. The summed E-state index contributed by atoms with van der Waals surface area (Å²) in [4.78, 5) is 10.5. The second-order valence-electron chi connectivity index (χ2n) is 4.30. The first kappa shape index (κ1) is 11.9. The van der Waals surface area contributed by atoms with Crippen molar-refractivity contribution in [3.63, 3.8) is 0 Å². The maximum Gasteiger partial charge on any atom is 0.303 e. The lowest BCUT2D eigenvalue weighted by atomic mass is 10.1. The number of nitrogens with one attached hydrogen (secondary N) is 1. The van der Waals surface area contributed by atoms with E-state index in [9.17, 15) is 4.79 Å². The van der Waals surface area contributed by atoms with Gasteiger partial charge in [-0.15, -0.1) is 0 Å². The smallest absolute Gasteiger partial charge is 0.303 e. The molecule has 1 fully saturated rings. The van der Waals surface area contributed by atoms with Crippen molar-refractivity contribution in [1.82, 2.24) is 0 Å². The molecular formula is C13H17NO3. The van der Waals surface area contributed by atoms with Gasteiger partial charge in [-0.2, -0.15) is 0 Å². The molecule has 1 atom stereocenters. The van der Waals surface area contributed by atoms with Crippen molar-refractivity contribution in [3.8, 4) is 0 Å². The number of carbonyl (C=O) groups is 1. The number of aryl methyl sites for hydroxylation is 1. The van der Waals surface area contributed by atoms with Crippen LogP contribution in [0.4, 0.5) is 5.69 Å². The molecule has 4 heteroatoms. The second-order valence-corrected chi connectivity index (χ2v) is 4.30. The van der Waals surface area contributed by atoms with Crippen LogP contribution in [-0.4, -0.2) is 30.3 Å². The Kier molecular flexibility index (Phi) is 3.98. The Morgan fingerprint density at radius 1 is 1.53 bits per heavy atom. The van der Waals surface area contributed by atoms with Crippen LogP contribution in [0.15, 0.2) is 24.3 Å². The first-order chi connectivity index (χ1) is 8.24. The number of rotatable bonds is 5. The number of ether oxygens (including phenoxy) is 1. The van der Waals surface area contributed by atoms with E-state index in [1.807, 2.05) is 24.3 Å². The fraction of sp³-hybridized carbons (Fsp3) is 0.462. The average molecular weight is 235 g/mol. The molecule has 4 nitrogen and oxygen atoms in total. The standard InChI is InChI=1S/C13H17NO3/c15-13(16)5-4-10-2-1-3-11(8-10)14-12-6-7-17-9-12/h1-3,8,12,14H,4-7,9H2,(H,15,16). The summed E-state index contributed by atoms with van der Waals surface area (Å²) in [7, 11) is 0. The number of aliphatic carboxylic acids is 1. The molecule has 2 rings (SSSR count). The van der Waals surface area contributed by atoms with Gasteiger partial charge in [-0.25, -0.2) is 0 Å². The van der Waals surface area contributed by atoms with Crippen LogP contribution in [0, 0.1) is 0 Å². The highest BCUT2D eigenvalue weighted by molar-refractivity contribution is 5.67. The number of carboxylic acids is 1. The van der Waals surface area contributed by atoms with Gasteiger partial charge in [0.05, 0.1) is 12.6 Å². The topological polar surface area (TPSA) is 58.6 Å². The van der Waals surface area contributed by atoms with Gasteiger partial charge in [-0.1, -0.05) is 12.1 Å². The average Bonchev–Trinajstić information content (AvgIpc) is 2.80. The van der Waals surface area contributed by atoms with Crippen LogP contribution in [0.3, 0.4) is 0 Å². The highest BCUT2D eigenvalue weighted by Crippen LogP contribution is 2.16. The first-order valence-electron chi connectivity index (χ1n) is 5.89. The molecule has 1 aliphatic heterocycles. The number of hydrogen-bond acceptors (Lipinski definition) is 3. The Labute approximate surface area is 101 Å². The molecule has 0 bridgehead atoms. The Morgan fingerprint density at radius 3 is 3.12 bits per heavy atom. The van der Waals surface area contributed by atoms with E-state index >= 15 is 0 Å². The molecule has 1 heterocycles. The quantitative estimate of drug-likeness (QED) is 0.818. The fourth-order valence-corrected chi connectivity index (χ4v) is 1.95. The van der Waals surface area contributed by atoms with Gasteiger partial charge in [-0.3, -0.25) is 4.79 Å². The van der Waals surface area contributed by atoms with Crippen LogP contribution in [0.5, 0.6) is 0 Å². The minimum Gasteiger partial charge on any atom is -0.481 e. The van der Waals surface area contributed by atoms with E-state index in [1.54, 1.807) is 0 Å². The SMILES string of the molecule is O=C(O)CCc1cccc(NC2CCOC2)c1. The summed E-state index contributed by atoms with van der Waals surface area (Å²) >= 11 is 0. The summed E-state index contributed by atoms with van der Waals surface area (Å²) in [5.41, 5.74) is 2.10. The summed E-state index contributed by atoms with van der Waals surface area (Å²) in [6.07, 6.45) is 1.78. The number of hydrogen-bond donors (Lipinski definition) is 2. The highest BCUT2D eigenvalue weighted by Gasteiger charge is 2.14. The summed E-state index contributed by atoms with van der Waals surface area (Å²) in [5.74, 6) is -0.757. The molecule has 1 aromatic rings. The molecule has 2 N–H and O–H groups in total. The Morgan fingerprint density at radius 2 is 2.41 bits per heavy atom. The summed E-state index contributed by atoms with van der Waals surface area (Å²) in [5, 5.41) is 12.0. The third-order valence-electron chi connectivity index (χ3n) is 2.85. The third-order valence-corrected chi connectivity index (χ3v) is 2.85. The van der Waals surface area contributed by atoms with Gasteiger partial charge in [-0.05, 0) is 30.5 Å². The summed E-state index contributed by atoms with van der Waals surface area (Å²) in [6.45, 7) is 1.57. The minimum absolute atomic E-state index is 0.177. The van der Waals surface area contributed by atoms with E-state index < -0.39 is 5.97 Å². The lowest BCUT2D eigenvalue weighted by Crippen LogP contribution is -2.18. The zero-order valence-electron chi connectivity index (χ0n) is 9.69. The normalized spacial score (nSPS) is 19.2. The molecule has 0 aliphatic carbocycles. The van der Waals surface area contributed by atoms with Crippen molar-refractivity contribution in [2.75, 3.05) is 18.5 Å². The molecule has 0 aromatic heterocycles. The number of anilines is 1. The summed E-state index contributed by atoms with van der Waals surface area (Å²) < 4.78 is 5.30. The molecule has 1 aromatic carbocycles. The van der Waals surface area contributed by atoms with Crippen molar-refractivity contribution in [2.24, 2.45) is 0 Å². The van der Waals surface area contributed by atoms with Crippen molar-refractivity contribution >= 4 is 11.7 Å². The first-order valence-corrected chi connectivity index (χ1v) is 5.89. The predicted molar refractivity (Wildman–Crippen MR) is 65.2 cm³/mol. The molecule has 1 saturated heterocycles. The van der Waals surface area contributed by atoms with Crippen LogP contribution in [0.2, 0.25) is 0 Å². The number of carboxylic acid groups (broad SMARTS) is 1. The molecule has 0 saturated carbocycles. The van der Waals surface area contributed by atoms with Gasteiger partial charge in [0, 0.05) is 18.7 Å². The number of benzene rings is 1. The highest BCUT2D eigenvalue weighted by atomic mass is 16.5. The Bertz CT molecular complexity index is 386. The van der Waals surface area contributed by atoms with E-state index in [0.717, 1.165) is 30.9 Å². The Hall–Kier alpha value is -1.55. The molecule has 1 aliphatic rings. The molecule has 17 heavy (non-hydrogen) atoms. The van der Waals surface area contributed by atoms with E-state index in [1.165, 1.54) is 0 Å². The van der Waals surface area contributed by atoms with Crippen molar-refractivity contribution in [3.05, 3.63) is 29.8 Å². The zero-order valence-corrected chi connectivity index (χ0v) is 9.69. The van der Waals surface area contributed by atoms with E-state index in [-0.39, 0.29) is 6.42 Å². The van der Waals surface area contributed by atoms with Crippen LogP contribution in [0.1, 0.15) is 18.4 Å². The lowest BCUT2D eigenvalue weighted by Gasteiger charge is -2.13. The van der Waals surface area contributed by atoms with Gasteiger partial charge in [0.1, 0.15) is 0 Å². The molecule has 92 valence electrons. The van der Waals surface area contributed by atoms with Gasteiger partial charge < -0.3 is 15.2 Å². The molecule has 0 radical (unpaired) electrons. The van der Waals surface area contributed by atoms with Gasteiger partial charge in [0.25, 0.3) is 0 Å². The maximum absolute atomic E-state index is 10.5. The molecule has 0 amide bonds. The van der Waals surface area contributed by atoms with Gasteiger partial charge >= 0.3 is 5.97 Å². The third kappa shape index (κ3) is 3.75. The zero-order chi connectivity index (χ0) is 12.1. The van der Waals surface area contributed by atoms with Crippen molar-refractivity contribution < 1.29 is 14.6 Å². The van der Waals surface area contributed by atoms with Crippen LogP contribution >= 0.6 is 0 Å². The Balaban J connectivity index is 1.93. The van der Waals surface area contributed by atoms with Crippen molar-refractivity contribution in [1.29, 1.82) is 0 Å². The minimum atomic E-state index is -0.757. The summed E-state index contributed by atoms with van der Waals surface area (Å²) in [6, 6.07) is 8.31. The molecule has 0 spiro atoms. The molecular weight excluding hydrogens is 218 g/mol. The van der Waals surface area contributed by atoms with E-state index in [0.29, 0.717) is 12.5 Å². The van der Waals surface area contributed by atoms with E-state index in [2.05, 4.69) is 5.32 Å². The molecule has 1 unspecified atom stereocenters. The second kappa shape index (κ2) is 5.68. The monoisotopic (exact) mass is 235 g/mol. The predicted octanol–water partition coefficient (Wildman–Crippen LogP) is 1.90. The van der Waals surface area contributed by atoms with Crippen LogP contribution < -0.4 is 5.32 Å². The van der Waals surface area contributed by atoms with Gasteiger partial charge in [0.2, 0.25) is 0 Å². The van der Waals surface area contributed by atoms with E-state index in [4.69, 9.17) is 9.84 Å². The van der Waals surface area contributed by atoms with Gasteiger partial charge in [0.15, 0.2) is 0 Å². The van der Waals surface area contributed by atoms with Crippen LogP contribution in [0.25, 0.3) is 0 Å².